The van der Waals surface area contributed by atoms with Gasteiger partial charge in [-0.05, 0) is 38.1 Å². The first-order chi connectivity index (χ1) is 12.0. The molecule has 0 fully saturated rings. The molecule has 1 heterocycles. The number of aromatic nitrogens is 1. The monoisotopic (exact) mass is 363 g/mol. The highest BCUT2D eigenvalue weighted by molar-refractivity contribution is 6.30. The average molecular weight is 364 g/mol. The van der Waals surface area contributed by atoms with Gasteiger partial charge in [-0.25, -0.2) is 4.98 Å². The number of nitrogens with zero attached hydrogens (tertiary/aromatic N) is 2. The van der Waals surface area contributed by atoms with Crippen LogP contribution in [0.15, 0.2) is 34.9 Å². The van der Waals surface area contributed by atoms with Crippen LogP contribution in [0.3, 0.4) is 0 Å². The third kappa shape index (κ3) is 5.60. The number of aryl methyl sites for hydroxylation is 1. The zero-order chi connectivity index (χ0) is 18.2. The van der Waals surface area contributed by atoms with Gasteiger partial charge in [-0.3, -0.25) is 9.59 Å². The van der Waals surface area contributed by atoms with Gasteiger partial charge in [0.05, 0.1) is 12.7 Å². The van der Waals surface area contributed by atoms with Crippen molar-refractivity contribution in [1.82, 2.24) is 15.2 Å². The SMILES string of the molecule is CCNC(=O)CN(CC)C(=O)CCc1ncc(-c2ccc(Cl)cc2)o1. The van der Waals surface area contributed by atoms with Crippen molar-refractivity contribution in [3.05, 3.63) is 41.4 Å². The summed E-state index contributed by atoms with van der Waals surface area (Å²) in [5, 5.41) is 3.34. The minimum absolute atomic E-state index is 0.0742. The predicted octanol–water partition coefficient (Wildman–Crippen LogP) is 2.91. The molecule has 0 aliphatic heterocycles. The molecule has 1 aromatic carbocycles. The minimum Gasteiger partial charge on any atom is -0.441 e. The smallest absolute Gasteiger partial charge is 0.239 e. The van der Waals surface area contributed by atoms with Gasteiger partial charge in [-0.2, -0.15) is 0 Å². The minimum atomic E-state index is -0.154. The van der Waals surface area contributed by atoms with E-state index in [2.05, 4.69) is 10.3 Å². The summed E-state index contributed by atoms with van der Waals surface area (Å²) < 4.78 is 5.69. The summed E-state index contributed by atoms with van der Waals surface area (Å²) in [5.41, 5.74) is 0.876. The third-order valence-electron chi connectivity index (χ3n) is 3.68. The van der Waals surface area contributed by atoms with Crippen LogP contribution in [0.2, 0.25) is 5.02 Å². The first kappa shape index (κ1) is 19.0. The third-order valence-corrected chi connectivity index (χ3v) is 3.93. The maximum Gasteiger partial charge on any atom is 0.239 e. The van der Waals surface area contributed by atoms with Gasteiger partial charge >= 0.3 is 0 Å². The van der Waals surface area contributed by atoms with Crippen LogP contribution in [-0.2, 0) is 16.0 Å². The summed E-state index contributed by atoms with van der Waals surface area (Å²) >= 11 is 5.87. The van der Waals surface area contributed by atoms with Crippen molar-refractivity contribution in [2.45, 2.75) is 26.7 Å². The lowest BCUT2D eigenvalue weighted by Crippen LogP contribution is -2.40. The molecule has 1 aromatic heterocycles. The zero-order valence-corrected chi connectivity index (χ0v) is 15.2. The quantitative estimate of drug-likeness (QED) is 0.782. The predicted molar refractivity (Wildman–Crippen MR) is 96.2 cm³/mol. The van der Waals surface area contributed by atoms with E-state index in [1.807, 2.05) is 26.0 Å². The molecule has 0 unspecified atom stereocenters. The van der Waals surface area contributed by atoms with Crippen LogP contribution >= 0.6 is 11.6 Å². The van der Waals surface area contributed by atoms with E-state index in [0.29, 0.717) is 36.2 Å². The van der Waals surface area contributed by atoms with Gasteiger partial charge in [0.15, 0.2) is 11.7 Å². The Morgan fingerprint density at radius 3 is 2.60 bits per heavy atom. The van der Waals surface area contributed by atoms with E-state index in [9.17, 15) is 9.59 Å². The molecule has 0 atom stereocenters. The van der Waals surface area contributed by atoms with Crippen molar-refractivity contribution in [3.8, 4) is 11.3 Å². The molecule has 25 heavy (non-hydrogen) atoms. The van der Waals surface area contributed by atoms with E-state index in [1.54, 1.807) is 18.3 Å². The first-order valence-electron chi connectivity index (χ1n) is 8.28. The number of carbonyl (C=O) groups is 2. The Morgan fingerprint density at radius 1 is 1.24 bits per heavy atom. The Bertz CT molecular complexity index is 713. The van der Waals surface area contributed by atoms with E-state index in [0.717, 1.165) is 5.56 Å². The maximum atomic E-state index is 12.3. The highest BCUT2D eigenvalue weighted by atomic mass is 35.5. The summed E-state index contributed by atoms with van der Waals surface area (Å²) in [6.45, 7) is 4.80. The molecule has 7 heteroatoms. The number of benzene rings is 1. The lowest BCUT2D eigenvalue weighted by molar-refractivity contribution is -0.135. The van der Waals surface area contributed by atoms with Gasteiger partial charge in [0, 0.05) is 36.5 Å². The molecule has 6 nitrogen and oxygen atoms in total. The van der Waals surface area contributed by atoms with Crippen LogP contribution in [0.4, 0.5) is 0 Å². The standard InChI is InChI=1S/C18H22ClN3O3/c1-3-20-16(23)12-22(4-2)18(24)10-9-17-21-11-15(25-17)13-5-7-14(19)8-6-13/h5-8,11H,3-4,9-10,12H2,1-2H3,(H,20,23). The summed E-state index contributed by atoms with van der Waals surface area (Å²) in [6, 6.07) is 7.26. The van der Waals surface area contributed by atoms with Crippen molar-refractivity contribution < 1.29 is 14.0 Å². The fourth-order valence-corrected chi connectivity index (χ4v) is 2.47. The molecule has 134 valence electrons. The van der Waals surface area contributed by atoms with E-state index in [4.69, 9.17) is 16.0 Å². The molecule has 2 amide bonds. The zero-order valence-electron chi connectivity index (χ0n) is 14.4. The van der Waals surface area contributed by atoms with Gasteiger partial charge in [-0.1, -0.05) is 11.6 Å². The molecule has 0 saturated heterocycles. The summed E-state index contributed by atoms with van der Waals surface area (Å²) in [7, 11) is 0. The van der Waals surface area contributed by atoms with Crippen LogP contribution in [0.5, 0.6) is 0 Å². The Hall–Kier alpha value is -2.34. The number of halogens is 1. The van der Waals surface area contributed by atoms with Crippen molar-refractivity contribution in [1.29, 1.82) is 0 Å². The fraction of sp³-hybridized carbons (Fsp3) is 0.389. The van der Waals surface area contributed by atoms with E-state index < -0.39 is 0 Å². The van der Waals surface area contributed by atoms with Crippen molar-refractivity contribution in [2.24, 2.45) is 0 Å². The van der Waals surface area contributed by atoms with Gasteiger partial charge in [0.2, 0.25) is 11.8 Å². The molecule has 2 aromatic rings. The molecule has 0 spiro atoms. The molecule has 0 aliphatic carbocycles. The van der Waals surface area contributed by atoms with Gasteiger partial charge < -0.3 is 14.6 Å². The Balaban J connectivity index is 1.91. The van der Waals surface area contributed by atoms with Crippen molar-refractivity contribution >= 4 is 23.4 Å². The Morgan fingerprint density at radius 2 is 1.96 bits per heavy atom. The molecule has 0 bridgehead atoms. The number of hydrogen-bond acceptors (Lipinski definition) is 4. The highest BCUT2D eigenvalue weighted by Crippen LogP contribution is 2.22. The van der Waals surface area contributed by atoms with Crippen LogP contribution in [-0.4, -0.2) is 41.3 Å². The van der Waals surface area contributed by atoms with E-state index in [-0.39, 0.29) is 24.8 Å². The highest BCUT2D eigenvalue weighted by Gasteiger charge is 2.16. The molecular formula is C18H22ClN3O3. The number of oxazole rings is 1. The topological polar surface area (TPSA) is 75.4 Å². The fourth-order valence-electron chi connectivity index (χ4n) is 2.35. The molecule has 0 saturated carbocycles. The van der Waals surface area contributed by atoms with Gasteiger partial charge in [-0.15, -0.1) is 0 Å². The largest absolute Gasteiger partial charge is 0.441 e. The van der Waals surface area contributed by atoms with Crippen LogP contribution in [0.1, 0.15) is 26.2 Å². The van der Waals surface area contributed by atoms with Crippen molar-refractivity contribution in [2.75, 3.05) is 19.6 Å². The number of rotatable bonds is 8. The van der Waals surface area contributed by atoms with Crippen LogP contribution < -0.4 is 5.32 Å². The lowest BCUT2D eigenvalue weighted by atomic mass is 10.2. The number of carbonyl (C=O) groups excluding carboxylic acids is 2. The lowest BCUT2D eigenvalue weighted by Gasteiger charge is -2.19. The van der Waals surface area contributed by atoms with E-state index >= 15 is 0 Å². The Labute approximate surface area is 152 Å². The molecule has 2 rings (SSSR count). The van der Waals surface area contributed by atoms with Crippen LogP contribution in [0.25, 0.3) is 11.3 Å². The Kier molecular flexibility index (Phi) is 7.01. The summed E-state index contributed by atoms with van der Waals surface area (Å²) in [4.78, 5) is 29.6. The molecule has 0 radical (unpaired) electrons. The number of likely N-dealkylation sites (N-methyl/N-ethyl adjacent to an activating group) is 2. The molecule has 1 N–H and O–H groups in total. The van der Waals surface area contributed by atoms with Gasteiger partial charge in [0.25, 0.3) is 0 Å². The summed E-state index contributed by atoms with van der Waals surface area (Å²) in [5.74, 6) is 0.875. The normalized spacial score (nSPS) is 10.5. The second-order valence-corrected chi connectivity index (χ2v) is 5.92. The van der Waals surface area contributed by atoms with Crippen molar-refractivity contribution in [3.63, 3.8) is 0 Å². The number of hydrogen-bond donors (Lipinski definition) is 1. The first-order valence-corrected chi connectivity index (χ1v) is 8.66. The summed E-state index contributed by atoms with van der Waals surface area (Å²) in [6.07, 6.45) is 2.27. The second-order valence-electron chi connectivity index (χ2n) is 5.49. The number of nitrogens with one attached hydrogen (secondary N) is 1. The molecular weight excluding hydrogens is 342 g/mol. The van der Waals surface area contributed by atoms with Crippen LogP contribution in [0, 0.1) is 0 Å². The van der Waals surface area contributed by atoms with Gasteiger partial charge in [0.1, 0.15) is 0 Å². The number of amides is 2. The van der Waals surface area contributed by atoms with E-state index in [1.165, 1.54) is 4.90 Å². The maximum absolute atomic E-state index is 12.3. The average Bonchev–Trinajstić information content (AvgIpc) is 3.07. The molecule has 0 aliphatic rings. The second kappa shape index (κ2) is 9.22.